The van der Waals surface area contributed by atoms with Gasteiger partial charge in [-0.15, -0.1) is 0 Å². The summed E-state index contributed by atoms with van der Waals surface area (Å²) in [6.45, 7) is -1.02. The number of nitrogens with zero attached hydrogens (tertiary/aromatic N) is 2. The molecule has 0 fully saturated rings. The highest BCUT2D eigenvalue weighted by molar-refractivity contribution is 7.93. The number of hydrogen-bond donors (Lipinski definition) is 0. The molecule has 0 spiro atoms. The second kappa shape index (κ2) is 7.53. The molecule has 144 valence electrons. The number of rotatable bonds is 6. The van der Waals surface area contributed by atoms with Crippen LogP contribution in [0.2, 0.25) is 0 Å². The highest BCUT2D eigenvalue weighted by Gasteiger charge is 2.35. The van der Waals surface area contributed by atoms with Gasteiger partial charge in [0.2, 0.25) is 5.24 Å². The van der Waals surface area contributed by atoms with Gasteiger partial charge in [-0.25, -0.2) is 8.42 Å². The van der Waals surface area contributed by atoms with Crippen LogP contribution in [0, 0.1) is 10.1 Å². The first-order chi connectivity index (χ1) is 12.4. The number of carbonyl (C=O) groups is 1. The molecule has 27 heavy (non-hydrogen) atoms. The summed E-state index contributed by atoms with van der Waals surface area (Å²) in [6, 6.07) is 7.42. The number of para-hydroxylation sites is 1. The lowest BCUT2D eigenvalue weighted by Crippen LogP contribution is -2.35. The largest absolute Gasteiger partial charge is 0.416 e. The predicted molar refractivity (Wildman–Crippen MR) is 89.9 cm³/mol. The number of nitro benzene ring substituents is 1. The summed E-state index contributed by atoms with van der Waals surface area (Å²) in [4.78, 5) is 20.7. The van der Waals surface area contributed by atoms with Gasteiger partial charge in [-0.05, 0) is 35.9 Å². The van der Waals surface area contributed by atoms with Crippen LogP contribution in [0.15, 0.2) is 53.4 Å². The van der Waals surface area contributed by atoms with Gasteiger partial charge in [0, 0.05) is 6.07 Å². The first-order valence-electron chi connectivity index (χ1n) is 7.06. The standard InChI is InChI=1S/C15H10ClF3N2O5S/c16-14(22)9-20(11-5-3-4-10(8-11)15(17,18)19)27(25,26)13-7-2-1-6-12(13)21(23)24/h1-8H,9H2. The zero-order valence-electron chi connectivity index (χ0n) is 13.2. The van der Waals surface area contributed by atoms with E-state index in [-0.39, 0.29) is 0 Å². The van der Waals surface area contributed by atoms with Crippen LogP contribution in [-0.2, 0) is 21.0 Å². The van der Waals surface area contributed by atoms with Crippen LogP contribution in [0.25, 0.3) is 0 Å². The fourth-order valence-corrected chi connectivity index (χ4v) is 3.97. The van der Waals surface area contributed by atoms with Gasteiger partial charge in [0.05, 0.1) is 16.2 Å². The van der Waals surface area contributed by atoms with Gasteiger partial charge in [0.25, 0.3) is 15.7 Å². The summed E-state index contributed by atoms with van der Waals surface area (Å²) in [6.07, 6.45) is -4.77. The second-order valence-corrected chi connectivity index (χ2v) is 7.39. The van der Waals surface area contributed by atoms with Crippen molar-refractivity contribution < 1.29 is 31.3 Å². The number of halogens is 4. The molecule has 2 aromatic rings. The van der Waals surface area contributed by atoms with E-state index in [9.17, 15) is 36.5 Å². The maximum absolute atomic E-state index is 12.9. The van der Waals surface area contributed by atoms with Crippen molar-refractivity contribution in [1.82, 2.24) is 0 Å². The van der Waals surface area contributed by atoms with Gasteiger partial charge >= 0.3 is 6.18 Å². The van der Waals surface area contributed by atoms with Gasteiger partial charge in [-0.1, -0.05) is 18.2 Å². The summed E-state index contributed by atoms with van der Waals surface area (Å²) in [7, 11) is -4.77. The molecule has 0 aliphatic carbocycles. The molecule has 0 radical (unpaired) electrons. The average Bonchev–Trinajstić information content (AvgIpc) is 2.58. The monoisotopic (exact) mass is 422 g/mol. The van der Waals surface area contributed by atoms with E-state index >= 15 is 0 Å². The van der Waals surface area contributed by atoms with E-state index in [1.807, 2.05) is 0 Å². The second-order valence-electron chi connectivity index (χ2n) is 5.14. The summed E-state index contributed by atoms with van der Waals surface area (Å²) in [5.41, 5.74) is -2.47. The first kappa shape index (κ1) is 20.6. The third-order valence-electron chi connectivity index (χ3n) is 3.36. The fourth-order valence-electron chi connectivity index (χ4n) is 2.21. The molecule has 0 aliphatic rings. The number of sulfonamides is 1. The van der Waals surface area contributed by atoms with Crippen molar-refractivity contribution in [3.8, 4) is 0 Å². The lowest BCUT2D eigenvalue weighted by molar-refractivity contribution is -0.387. The lowest BCUT2D eigenvalue weighted by atomic mass is 10.2. The van der Waals surface area contributed by atoms with Crippen molar-refractivity contribution >= 4 is 38.2 Å². The Hall–Kier alpha value is -2.66. The molecule has 0 heterocycles. The molecule has 0 unspecified atom stereocenters. The highest BCUT2D eigenvalue weighted by atomic mass is 35.5. The van der Waals surface area contributed by atoms with Gasteiger partial charge in [0.1, 0.15) is 6.54 Å². The van der Waals surface area contributed by atoms with E-state index in [1.165, 1.54) is 12.1 Å². The Balaban J connectivity index is 2.68. The highest BCUT2D eigenvalue weighted by Crippen LogP contribution is 2.34. The molecule has 7 nitrogen and oxygen atoms in total. The first-order valence-corrected chi connectivity index (χ1v) is 8.88. The number of nitro groups is 1. The van der Waals surface area contributed by atoms with Crippen LogP contribution in [0.4, 0.5) is 24.5 Å². The van der Waals surface area contributed by atoms with E-state index in [0.717, 1.165) is 24.3 Å². The van der Waals surface area contributed by atoms with Gasteiger partial charge < -0.3 is 0 Å². The zero-order chi connectivity index (χ0) is 20.4. The van der Waals surface area contributed by atoms with Crippen LogP contribution in [-0.4, -0.2) is 25.1 Å². The van der Waals surface area contributed by atoms with Gasteiger partial charge in [-0.3, -0.25) is 19.2 Å². The van der Waals surface area contributed by atoms with Crippen molar-refractivity contribution in [3.05, 3.63) is 64.2 Å². The maximum atomic E-state index is 12.9. The summed E-state index contributed by atoms with van der Waals surface area (Å²) < 4.78 is 64.9. The summed E-state index contributed by atoms with van der Waals surface area (Å²) in [5, 5.41) is 9.93. The van der Waals surface area contributed by atoms with E-state index in [4.69, 9.17) is 11.6 Å². The average molecular weight is 423 g/mol. The third kappa shape index (κ3) is 4.55. The summed E-state index contributed by atoms with van der Waals surface area (Å²) in [5.74, 6) is 0. The number of alkyl halides is 3. The molecule has 0 aromatic heterocycles. The Morgan fingerprint density at radius 3 is 2.33 bits per heavy atom. The minimum atomic E-state index is -4.77. The van der Waals surface area contributed by atoms with Crippen LogP contribution >= 0.6 is 11.6 Å². The summed E-state index contributed by atoms with van der Waals surface area (Å²) >= 11 is 5.25. The Kier molecular flexibility index (Phi) is 5.76. The van der Waals surface area contributed by atoms with Crippen LogP contribution in [0.3, 0.4) is 0 Å². The molecule has 0 amide bonds. The van der Waals surface area contributed by atoms with Crippen molar-refractivity contribution in [3.63, 3.8) is 0 Å². The molecule has 12 heteroatoms. The van der Waals surface area contributed by atoms with E-state index in [1.54, 1.807) is 0 Å². The molecule has 0 N–H and O–H groups in total. The molecule has 0 saturated heterocycles. The topological polar surface area (TPSA) is 97.6 Å². The zero-order valence-corrected chi connectivity index (χ0v) is 14.8. The predicted octanol–water partition coefficient (Wildman–Crippen LogP) is 3.57. The molecular formula is C15H10ClF3N2O5S. The SMILES string of the molecule is O=C(Cl)CN(c1cccc(C(F)(F)F)c1)S(=O)(=O)c1ccccc1[N+](=O)[O-]. The van der Waals surface area contributed by atoms with Crippen LogP contribution < -0.4 is 4.31 Å². The van der Waals surface area contributed by atoms with E-state index in [0.29, 0.717) is 16.4 Å². The Morgan fingerprint density at radius 2 is 1.78 bits per heavy atom. The molecule has 2 rings (SSSR count). The van der Waals surface area contributed by atoms with Crippen molar-refractivity contribution in [2.75, 3.05) is 10.8 Å². The Bertz CT molecular complexity index is 995. The molecular weight excluding hydrogens is 413 g/mol. The van der Waals surface area contributed by atoms with E-state index < -0.39 is 54.7 Å². The number of benzene rings is 2. The Morgan fingerprint density at radius 1 is 1.15 bits per heavy atom. The van der Waals surface area contributed by atoms with Crippen LogP contribution in [0.5, 0.6) is 0 Å². The normalized spacial score (nSPS) is 11.9. The molecule has 0 aliphatic heterocycles. The fraction of sp³-hybridized carbons (Fsp3) is 0.133. The van der Waals surface area contributed by atoms with Crippen molar-refractivity contribution in [2.24, 2.45) is 0 Å². The number of hydrogen-bond acceptors (Lipinski definition) is 5. The van der Waals surface area contributed by atoms with Crippen LogP contribution in [0.1, 0.15) is 5.56 Å². The number of anilines is 1. The number of carbonyl (C=O) groups excluding carboxylic acids is 1. The molecule has 0 atom stereocenters. The van der Waals surface area contributed by atoms with Gasteiger partial charge in [0.15, 0.2) is 4.90 Å². The van der Waals surface area contributed by atoms with Crippen molar-refractivity contribution in [1.29, 1.82) is 0 Å². The molecule has 0 bridgehead atoms. The minimum absolute atomic E-state index is 0.292. The molecule has 0 saturated carbocycles. The maximum Gasteiger partial charge on any atom is 0.416 e. The Labute approximate surface area is 156 Å². The van der Waals surface area contributed by atoms with Gasteiger partial charge in [-0.2, -0.15) is 13.2 Å². The third-order valence-corrected chi connectivity index (χ3v) is 5.30. The quantitative estimate of drug-likeness (QED) is 0.402. The minimum Gasteiger partial charge on any atom is -0.279 e. The molecule has 2 aromatic carbocycles. The van der Waals surface area contributed by atoms with E-state index in [2.05, 4.69) is 0 Å². The lowest BCUT2D eigenvalue weighted by Gasteiger charge is -2.23. The van der Waals surface area contributed by atoms with Crippen molar-refractivity contribution in [2.45, 2.75) is 11.1 Å². The smallest absolute Gasteiger partial charge is 0.279 e.